The van der Waals surface area contributed by atoms with Crippen molar-refractivity contribution in [1.29, 1.82) is 0 Å². The number of nitrogens with one attached hydrogen (secondary N) is 1. The van der Waals surface area contributed by atoms with Crippen LogP contribution in [0.5, 0.6) is 0 Å². The smallest absolute Gasteiger partial charge is 0.224 e. The average molecular weight is 343 g/mol. The molecule has 0 atom stereocenters. The number of carbonyl (C=O) groups excluding carboxylic acids is 2. The molecular weight excluding hydrogens is 322 g/mol. The Balaban J connectivity index is 2.01. The lowest BCUT2D eigenvalue weighted by atomic mass is 10.1. The summed E-state index contributed by atoms with van der Waals surface area (Å²) in [7, 11) is 0. The number of hydrogen-bond donors (Lipinski definition) is 1. The van der Waals surface area contributed by atoms with E-state index in [2.05, 4.69) is 15.3 Å². The first-order chi connectivity index (χ1) is 11.4. The second kappa shape index (κ2) is 8.06. The van der Waals surface area contributed by atoms with Crippen LogP contribution in [0.25, 0.3) is 0 Å². The number of aromatic nitrogens is 2. The number of aryl methyl sites for hydroxylation is 2. The van der Waals surface area contributed by atoms with E-state index in [1.165, 1.54) is 18.7 Å². The van der Waals surface area contributed by atoms with E-state index in [9.17, 15) is 9.59 Å². The minimum Gasteiger partial charge on any atom is -0.326 e. The maximum absolute atomic E-state index is 12.2. The summed E-state index contributed by atoms with van der Waals surface area (Å²) in [6.45, 7) is 5.39. The van der Waals surface area contributed by atoms with Crippen molar-refractivity contribution in [3.63, 3.8) is 0 Å². The molecule has 0 aliphatic carbocycles. The van der Waals surface area contributed by atoms with Crippen molar-refractivity contribution in [2.75, 3.05) is 11.6 Å². The molecule has 1 aromatic heterocycles. The van der Waals surface area contributed by atoms with Gasteiger partial charge in [-0.3, -0.25) is 9.59 Å². The molecule has 0 spiro atoms. The molecule has 0 aliphatic rings. The van der Waals surface area contributed by atoms with E-state index in [0.717, 1.165) is 22.1 Å². The van der Waals surface area contributed by atoms with Gasteiger partial charge in [0.2, 0.25) is 5.91 Å². The van der Waals surface area contributed by atoms with E-state index >= 15 is 0 Å². The van der Waals surface area contributed by atoms with Crippen molar-refractivity contribution in [3.8, 4) is 0 Å². The van der Waals surface area contributed by atoms with Crippen molar-refractivity contribution in [2.24, 2.45) is 0 Å². The van der Waals surface area contributed by atoms with E-state index in [1.807, 2.05) is 20.1 Å². The fourth-order valence-electron chi connectivity index (χ4n) is 2.44. The van der Waals surface area contributed by atoms with E-state index in [0.29, 0.717) is 24.1 Å². The monoisotopic (exact) mass is 343 g/mol. The Hall–Kier alpha value is -2.21. The standard InChI is InChI=1S/C18H21N3O2S/c1-11-16(12(2)20-18(19-11)24-4)8-9-17(23)21-15-7-5-6-14(10-15)13(3)22/h5-7,10H,8-9H2,1-4H3,(H,21,23). The molecule has 1 heterocycles. The first-order valence-corrected chi connectivity index (χ1v) is 8.92. The number of anilines is 1. The fraction of sp³-hybridized carbons (Fsp3) is 0.333. The number of thioether (sulfide) groups is 1. The Morgan fingerprint density at radius 1 is 1.17 bits per heavy atom. The number of nitrogens with zero attached hydrogens (tertiary/aromatic N) is 2. The molecule has 0 saturated heterocycles. The minimum absolute atomic E-state index is 0.0246. The average Bonchev–Trinajstić information content (AvgIpc) is 2.54. The van der Waals surface area contributed by atoms with Gasteiger partial charge in [-0.15, -0.1) is 0 Å². The molecule has 0 unspecified atom stereocenters. The Kier molecular flexibility index (Phi) is 6.09. The molecule has 0 aliphatic heterocycles. The molecule has 0 bridgehead atoms. The summed E-state index contributed by atoms with van der Waals surface area (Å²) >= 11 is 1.51. The molecule has 2 aromatic rings. The fourth-order valence-corrected chi connectivity index (χ4v) is 2.90. The summed E-state index contributed by atoms with van der Waals surface area (Å²) in [6.07, 6.45) is 2.87. The highest BCUT2D eigenvalue weighted by atomic mass is 32.2. The largest absolute Gasteiger partial charge is 0.326 e. The van der Waals surface area contributed by atoms with Gasteiger partial charge in [-0.2, -0.15) is 0 Å². The van der Waals surface area contributed by atoms with Gasteiger partial charge in [0.1, 0.15) is 0 Å². The zero-order valence-corrected chi connectivity index (χ0v) is 15.2. The van der Waals surface area contributed by atoms with Crippen molar-refractivity contribution < 1.29 is 9.59 Å². The number of ketones is 1. The summed E-state index contributed by atoms with van der Waals surface area (Å²) in [5.74, 6) is -0.119. The number of carbonyl (C=O) groups is 2. The molecule has 0 fully saturated rings. The first kappa shape index (κ1) is 18.1. The predicted molar refractivity (Wildman–Crippen MR) is 96.7 cm³/mol. The van der Waals surface area contributed by atoms with Crippen molar-refractivity contribution in [3.05, 3.63) is 46.8 Å². The van der Waals surface area contributed by atoms with Gasteiger partial charge in [0.25, 0.3) is 0 Å². The predicted octanol–water partition coefficient (Wildman–Crippen LogP) is 3.59. The van der Waals surface area contributed by atoms with Crippen LogP contribution >= 0.6 is 11.8 Å². The molecule has 126 valence electrons. The third-order valence-corrected chi connectivity index (χ3v) is 4.29. The van der Waals surface area contributed by atoms with Gasteiger partial charge in [-0.1, -0.05) is 23.9 Å². The van der Waals surface area contributed by atoms with Gasteiger partial charge < -0.3 is 5.32 Å². The van der Waals surface area contributed by atoms with Crippen molar-refractivity contribution in [2.45, 2.75) is 38.8 Å². The van der Waals surface area contributed by atoms with E-state index in [4.69, 9.17) is 0 Å². The van der Waals surface area contributed by atoms with Gasteiger partial charge in [-0.05, 0) is 51.1 Å². The number of Topliss-reactive ketones (excluding diaryl/α,β-unsaturated/α-hetero) is 1. The summed E-state index contributed by atoms with van der Waals surface area (Å²) in [6, 6.07) is 6.95. The lowest BCUT2D eigenvalue weighted by Gasteiger charge is -2.10. The second-order valence-electron chi connectivity index (χ2n) is 5.54. The van der Waals surface area contributed by atoms with Gasteiger partial charge in [0.05, 0.1) is 0 Å². The molecule has 1 N–H and O–H groups in total. The molecule has 2 rings (SSSR count). The van der Waals surface area contributed by atoms with Crippen molar-refractivity contribution >= 4 is 29.1 Å². The Bertz CT molecular complexity index is 752. The van der Waals surface area contributed by atoms with E-state index in [1.54, 1.807) is 24.3 Å². The zero-order chi connectivity index (χ0) is 17.7. The minimum atomic E-state index is -0.0940. The van der Waals surface area contributed by atoms with Gasteiger partial charge in [0, 0.05) is 29.1 Å². The highest BCUT2D eigenvalue weighted by Gasteiger charge is 2.11. The zero-order valence-electron chi connectivity index (χ0n) is 14.3. The molecule has 0 radical (unpaired) electrons. The Labute approximate surface area is 146 Å². The highest BCUT2D eigenvalue weighted by Crippen LogP contribution is 2.18. The third kappa shape index (κ3) is 4.64. The highest BCUT2D eigenvalue weighted by molar-refractivity contribution is 7.98. The third-order valence-electron chi connectivity index (χ3n) is 3.74. The van der Waals surface area contributed by atoms with Crippen LogP contribution in [0.3, 0.4) is 0 Å². The number of benzene rings is 1. The van der Waals surface area contributed by atoms with Crippen LogP contribution in [0.15, 0.2) is 29.4 Å². The van der Waals surface area contributed by atoms with Gasteiger partial charge in [-0.25, -0.2) is 9.97 Å². The molecule has 0 saturated carbocycles. The lowest BCUT2D eigenvalue weighted by molar-refractivity contribution is -0.116. The molecule has 1 aromatic carbocycles. The summed E-state index contributed by atoms with van der Waals surface area (Å²) < 4.78 is 0. The van der Waals surface area contributed by atoms with Gasteiger partial charge >= 0.3 is 0 Å². The van der Waals surface area contributed by atoms with Crippen LogP contribution in [0.4, 0.5) is 5.69 Å². The van der Waals surface area contributed by atoms with Crippen LogP contribution in [0.2, 0.25) is 0 Å². The number of rotatable bonds is 6. The van der Waals surface area contributed by atoms with Crippen LogP contribution in [-0.2, 0) is 11.2 Å². The lowest BCUT2D eigenvalue weighted by Crippen LogP contribution is -2.14. The van der Waals surface area contributed by atoms with Crippen LogP contribution in [-0.4, -0.2) is 27.9 Å². The van der Waals surface area contributed by atoms with E-state index < -0.39 is 0 Å². The topological polar surface area (TPSA) is 72.0 Å². The maximum atomic E-state index is 12.2. The summed E-state index contributed by atoms with van der Waals surface area (Å²) in [5, 5.41) is 3.58. The number of hydrogen-bond acceptors (Lipinski definition) is 5. The molecule has 1 amide bonds. The molecule has 24 heavy (non-hydrogen) atoms. The van der Waals surface area contributed by atoms with Crippen LogP contribution in [0, 0.1) is 13.8 Å². The normalized spacial score (nSPS) is 10.5. The molecule has 5 nitrogen and oxygen atoms in total. The Morgan fingerprint density at radius 2 is 1.83 bits per heavy atom. The summed E-state index contributed by atoms with van der Waals surface area (Å²) in [4.78, 5) is 32.4. The number of amides is 1. The van der Waals surface area contributed by atoms with Crippen LogP contribution in [0.1, 0.15) is 40.7 Å². The molecule has 6 heteroatoms. The SMILES string of the molecule is CSc1nc(C)c(CCC(=O)Nc2cccc(C(C)=O)c2)c(C)n1. The first-order valence-electron chi connectivity index (χ1n) is 7.69. The second-order valence-corrected chi connectivity index (χ2v) is 6.32. The van der Waals surface area contributed by atoms with Crippen molar-refractivity contribution in [1.82, 2.24) is 9.97 Å². The van der Waals surface area contributed by atoms with E-state index in [-0.39, 0.29) is 11.7 Å². The summed E-state index contributed by atoms with van der Waals surface area (Å²) in [5.41, 5.74) is 4.06. The maximum Gasteiger partial charge on any atom is 0.224 e. The Morgan fingerprint density at radius 3 is 2.42 bits per heavy atom. The van der Waals surface area contributed by atoms with Crippen LogP contribution < -0.4 is 5.32 Å². The van der Waals surface area contributed by atoms with Gasteiger partial charge in [0.15, 0.2) is 10.9 Å². The quantitative estimate of drug-likeness (QED) is 0.493. The molecular formula is C18H21N3O2S.